The molecule has 4 heterocycles. The number of rotatable bonds is 9. The Morgan fingerprint density at radius 3 is 1.83 bits per heavy atom. The number of fused-ring (bicyclic) bond motifs is 4. The lowest BCUT2D eigenvalue weighted by Gasteiger charge is -2.46. The number of amides is 4. The minimum atomic E-state index is -0.534. The predicted octanol–water partition coefficient (Wildman–Crippen LogP) is 8.38. The Bertz CT molecular complexity index is 2670. The van der Waals surface area contributed by atoms with Gasteiger partial charge in [-0.15, -0.1) is 0 Å². The summed E-state index contributed by atoms with van der Waals surface area (Å²) < 4.78 is 4.28. The van der Waals surface area contributed by atoms with Gasteiger partial charge in [0, 0.05) is 54.7 Å². The Morgan fingerprint density at radius 1 is 0.692 bits per heavy atom. The summed E-state index contributed by atoms with van der Waals surface area (Å²) in [5.41, 5.74) is 5.61. The molecule has 338 valence electrons. The van der Waals surface area contributed by atoms with Crippen LogP contribution in [-0.4, -0.2) is 71.7 Å². The van der Waals surface area contributed by atoms with E-state index < -0.39 is 5.41 Å². The second-order valence-electron chi connectivity index (χ2n) is 21.4. The van der Waals surface area contributed by atoms with Gasteiger partial charge >= 0.3 is 0 Å². The van der Waals surface area contributed by atoms with E-state index in [1.165, 1.54) is 5.56 Å². The summed E-state index contributed by atoms with van der Waals surface area (Å²) in [5.74, 6) is 2.06. The van der Waals surface area contributed by atoms with E-state index in [9.17, 15) is 19.2 Å². The zero-order valence-corrected chi connectivity index (χ0v) is 38.9. The number of imidazole rings is 2. The van der Waals surface area contributed by atoms with Crippen LogP contribution in [0, 0.1) is 28.1 Å². The highest BCUT2D eigenvalue weighted by Crippen LogP contribution is 2.67. The monoisotopic (exact) mass is 874 g/mol. The quantitative estimate of drug-likeness (QED) is 0.153. The molecule has 3 saturated carbocycles. The van der Waals surface area contributed by atoms with Crippen molar-refractivity contribution < 1.29 is 19.2 Å². The lowest BCUT2D eigenvalue weighted by Crippen LogP contribution is -2.54. The van der Waals surface area contributed by atoms with E-state index in [0.29, 0.717) is 62.5 Å². The molecule has 5 atom stereocenters. The Hall–Kier alpha value is -6.04. The third-order valence-corrected chi connectivity index (χ3v) is 15.4. The van der Waals surface area contributed by atoms with Crippen molar-refractivity contribution in [3.63, 3.8) is 0 Å². The van der Waals surface area contributed by atoms with Crippen molar-refractivity contribution in [2.75, 3.05) is 13.1 Å². The molecule has 2 aliphatic heterocycles. The molecule has 0 spiro atoms. The van der Waals surface area contributed by atoms with Crippen LogP contribution in [-0.2, 0) is 35.8 Å². The summed E-state index contributed by atoms with van der Waals surface area (Å²) in [6, 6.07) is 28.4. The van der Waals surface area contributed by atoms with E-state index in [2.05, 4.69) is 64.8 Å². The molecule has 3 fully saturated rings. The summed E-state index contributed by atoms with van der Waals surface area (Å²) in [7, 11) is 0. The van der Waals surface area contributed by atoms with E-state index in [0.717, 1.165) is 65.4 Å². The average Bonchev–Trinajstić information content (AvgIpc) is 3.76. The molecule has 4 amide bonds. The molecule has 0 saturated heterocycles. The van der Waals surface area contributed by atoms with Gasteiger partial charge in [-0.25, -0.2) is 9.97 Å². The average molecular weight is 875 g/mol. The summed E-state index contributed by atoms with van der Waals surface area (Å²) >= 11 is 0. The van der Waals surface area contributed by atoms with Crippen LogP contribution in [0.1, 0.15) is 130 Å². The first-order valence-corrected chi connectivity index (χ1v) is 23.6. The minimum Gasteiger partial charge on any atom is -0.347 e. The van der Waals surface area contributed by atoms with E-state index in [-0.39, 0.29) is 52.5 Å². The molecule has 65 heavy (non-hydrogen) atoms. The molecule has 2 bridgehead atoms. The number of aromatic nitrogens is 4. The molecular weight excluding hydrogens is 813 g/mol. The molecular formula is C53H62N8O4. The topological polar surface area (TPSA) is 134 Å². The number of nitrogens with one attached hydrogen (secondary N) is 2. The number of carbonyl (C=O) groups excluding carboxylic acids is 4. The number of nitrogens with zero attached hydrogens (tertiary/aromatic N) is 6. The zero-order valence-electron chi connectivity index (χ0n) is 38.9. The summed E-state index contributed by atoms with van der Waals surface area (Å²) in [4.78, 5) is 69.2. The van der Waals surface area contributed by atoms with Crippen LogP contribution in [0.5, 0.6) is 0 Å². The lowest BCUT2D eigenvalue weighted by molar-refractivity contribution is -0.141. The smallest absolute Gasteiger partial charge is 0.272 e. The highest BCUT2D eigenvalue weighted by Gasteiger charge is 2.64. The molecule has 10 rings (SSSR count). The van der Waals surface area contributed by atoms with Crippen LogP contribution in [0.3, 0.4) is 0 Å². The van der Waals surface area contributed by atoms with Gasteiger partial charge in [0.25, 0.3) is 11.8 Å². The highest BCUT2D eigenvalue weighted by atomic mass is 16.2. The van der Waals surface area contributed by atoms with Crippen LogP contribution >= 0.6 is 0 Å². The standard InChI is InChI=1S/C53H62N8O4/c1-32(33-14-10-8-11-15-33)54-46(62)42-40-30-58(48(64)37-22-23-37)24-26-60(40)45(55-42)36-20-18-34(19-21-36)38-28-53(7)29-39(38)52(5,6)49(53)57-47(63)43-41-31-59(50(65)51(2,3)4)25-27-61(41)44(56-43)35-16-12-9-13-17-35/h8-21,32,37-39,49H,22-31H2,1-7H3,(H,54,62)(H,57,63)/t32-,38?,39?,49?,53?/m0/s1. The maximum atomic E-state index is 14.6. The third-order valence-electron chi connectivity index (χ3n) is 15.4. The van der Waals surface area contributed by atoms with Gasteiger partial charge < -0.3 is 29.6 Å². The second-order valence-corrected chi connectivity index (χ2v) is 21.4. The van der Waals surface area contributed by atoms with Crippen LogP contribution in [0.2, 0.25) is 0 Å². The molecule has 5 aromatic rings. The number of carbonyl (C=O) groups is 4. The third kappa shape index (κ3) is 7.56. The van der Waals surface area contributed by atoms with Crippen LogP contribution in [0.4, 0.5) is 0 Å². The fourth-order valence-electron chi connectivity index (χ4n) is 11.9. The van der Waals surface area contributed by atoms with Gasteiger partial charge in [-0.2, -0.15) is 0 Å². The van der Waals surface area contributed by atoms with Crippen molar-refractivity contribution in [3.8, 4) is 22.8 Å². The molecule has 2 aromatic heterocycles. The predicted molar refractivity (Wildman–Crippen MR) is 249 cm³/mol. The Morgan fingerprint density at radius 2 is 1.25 bits per heavy atom. The van der Waals surface area contributed by atoms with Gasteiger partial charge in [0.05, 0.1) is 30.5 Å². The highest BCUT2D eigenvalue weighted by molar-refractivity contribution is 5.96. The molecule has 3 aromatic carbocycles. The van der Waals surface area contributed by atoms with Gasteiger partial charge in [0.2, 0.25) is 11.8 Å². The van der Waals surface area contributed by atoms with Crippen molar-refractivity contribution >= 4 is 23.6 Å². The summed E-state index contributed by atoms with van der Waals surface area (Å²) in [5, 5.41) is 6.72. The SMILES string of the molecule is C[C@H](NC(=O)c1nc(-c2ccc(C3CC4(C)CC3C(C)(C)C4NC(=O)c3nc(-c4ccccc4)n4c3CN(C(=O)C(C)(C)C)CC4)cc2)n2c1CN(C(=O)C1CC1)CC2)c1ccccc1. The van der Waals surface area contributed by atoms with Gasteiger partial charge in [-0.05, 0) is 66.4 Å². The van der Waals surface area contributed by atoms with Crippen LogP contribution in [0.15, 0.2) is 84.9 Å². The fraction of sp³-hybridized carbons (Fsp3) is 0.472. The van der Waals surface area contributed by atoms with Gasteiger partial charge in [0.15, 0.2) is 11.4 Å². The maximum absolute atomic E-state index is 14.6. The molecule has 12 heteroatoms. The van der Waals surface area contributed by atoms with Crippen molar-refractivity contribution in [3.05, 3.63) is 119 Å². The number of benzene rings is 3. The second kappa shape index (κ2) is 15.8. The zero-order chi connectivity index (χ0) is 45.6. The first kappa shape index (κ1) is 42.9. The molecule has 12 nitrogen and oxygen atoms in total. The van der Waals surface area contributed by atoms with Gasteiger partial charge in [-0.1, -0.05) is 126 Å². The number of hydrogen-bond donors (Lipinski definition) is 2. The molecule has 2 N–H and O–H groups in total. The van der Waals surface area contributed by atoms with E-state index in [4.69, 9.17) is 9.97 Å². The maximum Gasteiger partial charge on any atom is 0.272 e. The Balaban J connectivity index is 0.892. The largest absolute Gasteiger partial charge is 0.347 e. The molecule has 0 radical (unpaired) electrons. The van der Waals surface area contributed by atoms with Crippen molar-refractivity contribution in [1.82, 2.24) is 39.5 Å². The van der Waals surface area contributed by atoms with Crippen molar-refractivity contribution in [2.45, 2.75) is 118 Å². The van der Waals surface area contributed by atoms with E-state index in [1.807, 2.05) is 98.2 Å². The Kier molecular flexibility index (Phi) is 10.5. The number of hydrogen-bond acceptors (Lipinski definition) is 6. The Labute approximate surface area is 382 Å². The fourth-order valence-corrected chi connectivity index (χ4v) is 11.9. The molecule has 4 unspecified atom stereocenters. The normalized spacial score (nSPS) is 23.7. The molecule has 5 aliphatic rings. The summed E-state index contributed by atoms with van der Waals surface area (Å²) in [6.45, 7) is 17.7. The van der Waals surface area contributed by atoms with Crippen LogP contribution < -0.4 is 10.6 Å². The lowest BCUT2D eigenvalue weighted by atomic mass is 9.63. The summed E-state index contributed by atoms with van der Waals surface area (Å²) in [6.07, 6.45) is 3.80. The first-order valence-electron chi connectivity index (χ1n) is 23.6. The van der Waals surface area contributed by atoms with Gasteiger partial charge in [-0.3, -0.25) is 19.2 Å². The molecule has 3 aliphatic carbocycles. The first-order chi connectivity index (χ1) is 31.0. The van der Waals surface area contributed by atoms with Crippen LogP contribution in [0.25, 0.3) is 22.8 Å². The van der Waals surface area contributed by atoms with Crippen molar-refractivity contribution in [1.29, 1.82) is 0 Å². The minimum absolute atomic E-state index is 0.0667. The van der Waals surface area contributed by atoms with E-state index >= 15 is 0 Å². The van der Waals surface area contributed by atoms with Gasteiger partial charge in [0.1, 0.15) is 11.6 Å². The van der Waals surface area contributed by atoms with Crippen molar-refractivity contribution in [2.24, 2.45) is 28.1 Å². The van der Waals surface area contributed by atoms with E-state index in [1.54, 1.807) is 0 Å².